The van der Waals surface area contributed by atoms with Crippen LogP contribution in [0, 0.1) is 0 Å². The van der Waals surface area contributed by atoms with Gasteiger partial charge in [0.1, 0.15) is 0 Å². The van der Waals surface area contributed by atoms with Crippen molar-refractivity contribution in [2.75, 3.05) is 5.75 Å². The van der Waals surface area contributed by atoms with Gasteiger partial charge >= 0.3 is 0 Å². The largest absolute Gasteiger partial charge is 0.349 e. The molecule has 10 heteroatoms. The van der Waals surface area contributed by atoms with Gasteiger partial charge in [-0.2, -0.15) is 0 Å². The number of benzene rings is 2. The zero-order chi connectivity index (χ0) is 23.8. The van der Waals surface area contributed by atoms with E-state index in [4.69, 9.17) is 23.2 Å². The van der Waals surface area contributed by atoms with Gasteiger partial charge in [0.05, 0.1) is 28.4 Å². The molecule has 2 amide bonds. The Labute approximate surface area is 206 Å². The van der Waals surface area contributed by atoms with Crippen molar-refractivity contribution in [1.29, 1.82) is 0 Å². The van der Waals surface area contributed by atoms with Gasteiger partial charge in [0.2, 0.25) is 5.91 Å². The fraction of sp³-hybridized carbons (Fsp3) is 0.217. The maximum Gasteiger partial charge on any atom is 0.251 e. The summed E-state index contributed by atoms with van der Waals surface area (Å²) in [6.07, 6.45) is 1.70. The molecule has 1 heterocycles. The zero-order valence-corrected chi connectivity index (χ0v) is 20.3. The summed E-state index contributed by atoms with van der Waals surface area (Å²) in [4.78, 5) is 24.9. The minimum atomic E-state index is -0.315. The Balaban J connectivity index is 1.59. The van der Waals surface area contributed by atoms with Gasteiger partial charge in [0, 0.05) is 12.1 Å². The molecule has 0 aliphatic carbocycles. The molecule has 2 aromatic carbocycles. The molecule has 0 unspecified atom stereocenters. The van der Waals surface area contributed by atoms with Crippen molar-refractivity contribution in [3.8, 4) is 0 Å². The van der Waals surface area contributed by atoms with Gasteiger partial charge in [0.25, 0.3) is 5.91 Å². The Morgan fingerprint density at radius 2 is 1.91 bits per heavy atom. The maximum atomic E-state index is 12.4. The first-order valence-corrected chi connectivity index (χ1v) is 11.9. The second-order valence-electron chi connectivity index (χ2n) is 7.10. The molecule has 2 N–H and O–H groups in total. The van der Waals surface area contributed by atoms with Gasteiger partial charge in [0.15, 0.2) is 11.0 Å². The summed E-state index contributed by atoms with van der Waals surface area (Å²) < 4.78 is 1.81. The van der Waals surface area contributed by atoms with E-state index in [0.29, 0.717) is 33.1 Å². The molecule has 172 valence electrons. The topological polar surface area (TPSA) is 88.9 Å². The lowest BCUT2D eigenvalue weighted by Crippen LogP contribution is -2.28. The number of allylic oxidation sites excluding steroid dienone is 1. The Bertz CT molecular complexity index is 1140. The van der Waals surface area contributed by atoms with Crippen LogP contribution in [0.15, 0.2) is 66.3 Å². The first-order valence-electron chi connectivity index (χ1n) is 10.1. The van der Waals surface area contributed by atoms with Gasteiger partial charge in [-0.1, -0.05) is 71.4 Å². The van der Waals surface area contributed by atoms with Crippen LogP contribution in [-0.2, 0) is 17.9 Å². The smallest absolute Gasteiger partial charge is 0.251 e. The number of thioether (sulfide) groups is 1. The van der Waals surface area contributed by atoms with Gasteiger partial charge < -0.3 is 15.2 Å². The Kier molecular flexibility index (Phi) is 8.94. The van der Waals surface area contributed by atoms with Gasteiger partial charge in [-0.25, -0.2) is 0 Å². The van der Waals surface area contributed by atoms with Crippen LogP contribution in [0.25, 0.3) is 0 Å². The molecule has 0 aliphatic rings. The van der Waals surface area contributed by atoms with Crippen molar-refractivity contribution in [1.82, 2.24) is 25.4 Å². The summed E-state index contributed by atoms with van der Waals surface area (Å²) in [6.45, 7) is 6.29. The average molecular weight is 504 g/mol. The Morgan fingerprint density at radius 1 is 1.15 bits per heavy atom. The molecule has 7 nitrogen and oxygen atoms in total. The molecule has 0 bridgehead atoms. The van der Waals surface area contributed by atoms with Gasteiger partial charge in [-0.15, -0.1) is 16.8 Å². The SMILES string of the molecule is C=CCn1c(CNC(=O)c2ccc(Cl)c(Cl)c2)nnc1SCC(=O)N[C@H](C)c1ccccc1. The van der Waals surface area contributed by atoms with Crippen LogP contribution in [-0.4, -0.2) is 32.3 Å². The molecule has 0 fully saturated rings. The number of hydrogen-bond donors (Lipinski definition) is 2. The second kappa shape index (κ2) is 11.9. The highest BCUT2D eigenvalue weighted by Gasteiger charge is 2.16. The lowest BCUT2D eigenvalue weighted by atomic mass is 10.1. The van der Waals surface area contributed by atoms with Gasteiger partial charge in [-0.05, 0) is 30.7 Å². The predicted octanol–water partition coefficient (Wildman–Crippen LogP) is 4.67. The summed E-state index contributed by atoms with van der Waals surface area (Å²) >= 11 is 13.2. The van der Waals surface area contributed by atoms with Crippen LogP contribution < -0.4 is 10.6 Å². The number of carbonyl (C=O) groups is 2. The first-order chi connectivity index (χ1) is 15.9. The van der Waals surface area contributed by atoms with Crippen LogP contribution >= 0.6 is 35.0 Å². The molecule has 0 saturated heterocycles. The highest BCUT2D eigenvalue weighted by Crippen LogP contribution is 2.23. The number of carbonyl (C=O) groups excluding carboxylic acids is 2. The van der Waals surface area contributed by atoms with Crippen molar-refractivity contribution < 1.29 is 9.59 Å². The molecule has 0 saturated carbocycles. The number of rotatable bonds is 10. The molecule has 0 spiro atoms. The summed E-state index contributed by atoms with van der Waals surface area (Å²) in [5, 5.41) is 15.4. The number of hydrogen-bond acceptors (Lipinski definition) is 5. The standard InChI is InChI=1S/C23H23Cl2N5O2S/c1-3-11-30-20(13-26-22(32)17-9-10-18(24)19(25)12-17)28-29-23(30)33-14-21(31)27-15(2)16-7-5-4-6-8-16/h3-10,12,15H,1,11,13-14H2,2H3,(H,26,32)(H,27,31)/t15-/m1/s1. The third-order valence-corrected chi connectivity index (χ3v) is 6.41. The average Bonchev–Trinajstić information content (AvgIpc) is 3.20. The van der Waals surface area contributed by atoms with Crippen molar-refractivity contribution in [2.45, 2.75) is 31.2 Å². The van der Waals surface area contributed by atoms with Crippen LogP contribution in [0.5, 0.6) is 0 Å². The summed E-state index contributed by atoms with van der Waals surface area (Å²) in [5.74, 6) is 0.301. The molecular formula is C23H23Cl2N5O2S. The lowest BCUT2D eigenvalue weighted by molar-refractivity contribution is -0.119. The number of halogens is 2. The van der Waals surface area contributed by atoms with E-state index in [1.807, 2.05) is 37.3 Å². The Hall–Kier alpha value is -2.81. The lowest BCUT2D eigenvalue weighted by Gasteiger charge is -2.14. The normalized spacial score (nSPS) is 11.6. The van der Waals surface area contributed by atoms with E-state index in [-0.39, 0.29) is 30.2 Å². The monoisotopic (exact) mass is 503 g/mol. The summed E-state index contributed by atoms with van der Waals surface area (Å²) in [5.41, 5.74) is 1.42. The van der Waals surface area contributed by atoms with Crippen LogP contribution in [0.4, 0.5) is 0 Å². The molecule has 1 atom stereocenters. The third-order valence-electron chi connectivity index (χ3n) is 4.70. The molecule has 3 rings (SSSR count). The van der Waals surface area contributed by atoms with E-state index in [9.17, 15) is 9.59 Å². The zero-order valence-electron chi connectivity index (χ0n) is 17.9. The second-order valence-corrected chi connectivity index (χ2v) is 8.86. The maximum absolute atomic E-state index is 12.4. The molecule has 3 aromatic rings. The summed E-state index contributed by atoms with van der Waals surface area (Å²) in [7, 11) is 0. The third kappa shape index (κ3) is 6.83. The van der Waals surface area contributed by atoms with Crippen molar-refractivity contribution >= 4 is 46.8 Å². The predicted molar refractivity (Wildman–Crippen MR) is 132 cm³/mol. The summed E-state index contributed by atoms with van der Waals surface area (Å²) in [6, 6.07) is 14.3. The number of aromatic nitrogens is 3. The first kappa shape index (κ1) is 24.8. The van der Waals surface area contributed by atoms with Crippen LogP contribution in [0.3, 0.4) is 0 Å². The quantitative estimate of drug-likeness (QED) is 0.310. The van der Waals surface area contributed by atoms with E-state index in [1.165, 1.54) is 17.8 Å². The highest BCUT2D eigenvalue weighted by molar-refractivity contribution is 7.99. The van der Waals surface area contributed by atoms with E-state index in [1.54, 1.807) is 22.8 Å². The van der Waals surface area contributed by atoms with E-state index in [0.717, 1.165) is 5.56 Å². The van der Waals surface area contributed by atoms with Gasteiger partial charge in [-0.3, -0.25) is 9.59 Å². The Morgan fingerprint density at radius 3 is 2.61 bits per heavy atom. The van der Waals surface area contributed by atoms with Crippen molar-refractivity contribution in [3.05, 3.63) is 88.2 Å². The van der Waals surface area contributed by atoms with Crippen LogP contribution in [0.1, 0.15) is 34.7 Å². The fourth-order valence-corrected chi connectivity index (χ4v) is 4.08. The molecule has 0 aliphatic heterocycles. The number of nitrogens with one attached hydrogen (secondary N) is 2. The molecular weight excluding hydrogens is 481 g/mol. The fourth-order valence-electron chi connectivity index (χ4n) is 3.01. The minimum Gasteiger partial charge on any atom is -0.349 e. The molecule has 0 radical (unpaired) electrons. The highest BCUT2D eigenvalue weighted by atomic mass is 35.5. The van der Waals surface area contributed by atoms with E-state index < -0.39 is 0 Å². The van der Waals surface area contributed by atoms with Crippen molar-refractivity contribution in [3.63, 3.8) is 0 Å². The number of amides is 2. The molecule has 1 aromatic heterocycles. The van der Waals surface area contributed by atoms with Crippen LogP contribution in [0.2, 0.25) is 10.0 Å². The van der Waals surface area contributed by atoms with E-state index >= 15 is 0 Å². The van der Waals surface area contributed by atoms with E-state index in [2.05, 4.69) is 27.4 Å². The minimum absolute atomic E-state index is 0.0995. The van der Waals surface area contributed by atoms with Crippen molar-refractivity contribution in [2.24, 2.45) is 0 Å². The molecule has 33 heavy (non-hydrogen) atoms. The number of nitrogens with zero attached hydrogens (tertiary/aromatic N) is 3.